The fourth-order valence-corrected chi connectivity index (χ4v) is 14.1. The van der Waals surface area contributed by atoms with Gasteiger partial charge in [-0.2, -0.15) is 0 Å². The van der Waals surface area contributed by atoms with Gasteiger partial charge in [0.1, 0.15) is 22.3 Å². The van der Waals surface area contributed by atoms with Gasteiger partial charge >= 0.3 is 0 Å². The molecule has 0 atom stereocenters. The van der Waals surface area contributed by atoms with Crippen molar-refractivity contribution >= 4 is 132 Å². The summed E-state index contributed by atoms with van der Waals surface area (Å²) in [5.74, 6) is 0. The zero-order chi connectivity index (χ0) is 63.3. The predicted molar refractivity (Wildman–Crippen MR) is 391 cm³/mol. The van der Waals surface area contributed by atoms with Crippen molar-refractivity contribution in [2.24, 2.45) is 0 Å². The number of nitrogens with zero attached hydrogens (tertiary/aromatic N) is 4. The van der Waals surface area contributed by atoms with Crippen molar-refractivity contribution < 1.29 is 8.83 Å². The molecule has 16 rings (SSSR count). The van der Waals surface area contributed by atoms with Crippen LogP contribution < -0.4 is 9.80 Å². The molecule has 16 aromatic rings. The van der Waals surface area contributed by atoms with E-state index in [0.717, 1.165) is 99.8 Å². The Balaban J connectivity index is 0.826. The summed E-state index contributed by atoms with van der Waals surface area (Å²) < 4.78 is 18.5. The highest BCUT2D eigenvalue weighted by Gasteiger charge is 2.27. The van der Waals surface area contributed by atoms with Crippen molar-refractivity contribution in [1.82, 2.24) is 9.13 Å². The fourth-order valence-electron chi connectivity index (χ4n) is 14.1. The molecule has 0 radical (unpaired) electrons. The lowest BCUT2D eigenvalue weighted by Gasteiger charge is -2.27. The number of benzene rings is 12. The summed E-state index contributed by atoms with van der Waals surface area (Å²) in [4.78, 5) is 4.77. The van der Waals surface area contributed by atoms with E-state index in [2.05, 4.69) is 345 Å². The first kappa shape index (κ1) is 56.9. The Labute approximate surface area is 538 Å². The standard InChI is InChI=1S/C86H76N4O2/c1-83(2,3)55-43-56(84(4,5)6)46-65(45-55)89-75-29-21-19-27-67(75)69-35-31-63(51-77(69)89)87(59-23-15-13-16-24-59)61-33-37-79-73(49-61)71-39-53-40-72-74-50-62(34-38-80(74)92-82(72)42-54(53)41-81(71)91-79)88(60-25-17-14-18-26-60)64-32-36-70-68-28-20-22-30-76(68)90(78(70)52-64)66-47-57(85(7,8)9)44-58(48-66)86(10,11)12/h13-52H,1-12H3. The number of furan rings is 2. The van der Waals surface area contributed by atoms with Crippen molar-refractivity contribution in [3.05, 3.63) is 265 Å². The molecule has 0 aliphatic rings. The number of aromatic nitrogens is 2. The minimum Gasteiger partial charge on any atom is -0.456 e. The average Bonchev–Trinajstić information content (AvgIpc) is 1.58. The van der Waals surface area contributed by atoms with E-state index >= 15 is 0 Å². The Hall–Kier alpha value is -10.3. The highest BCUT2D eigenvalue weighted by molar-refractivity contribution is 6.17. The summed E-state index contributed by atoms with van der Waals surface area (Å²) in [7, 11) is 0. The molecule has 0 bridgehead atoms. The van der Waals surface area contributed by atoms with E-state index in [9.17, 15) is 0 Å². The molecule has 0 saturated heterocycles. The summed E-state index contributed by atoms with van der Waals surface area (Å²) in [6, 6.07) is 89.8. The zero-order valence-corrected chi connectivity index (χ0v) is 54.7. The van der Waals surface area contributed by atoms with Crippen molar-refractivity contribution in [2.75, 3.05) is 9.80 Å². The first-order valence-corrected chi connectivity index (χ1v) is 32.5. The Kier molecular flexibility index (Phi) is 12.7. The van der Waals surface area contributed by atoms with Gasteiger partial charge in [-0.25, -0.2) is 0 Å². The van der Waals surface area contributed by atoms with Crippen molar-refractivity contribution in [3.63, 3.8) is 0 Å². The van der Waals surface area contributed by atoms with Crippen molar-refractivity contribution in [1.29, 1.82) is 0 Å². The Morgan fingerprint density at radius 1 is 0.239 bits per heavy atom. The lowest BCUT2D eigenvalue weighted by Crippen LogP contribution is -2.17. The number of fused-ring (bicyclic) bond motifs is 13. The van der Waals surface area contributed by atoms with E-state index in [-0.39, 0.29) is 21.7 Å². The molecule has 4 aromatic heterocycles. The second kappa shape index (κ2) is 20.6. The highest BCUT2D eigenvalue weighted by Crippen LogP contribution is 2.47. The molecule has 452 valence electrons. The maximum atomic E-state index is 6.78. The molecule has 4 heterocycles. The number of para-hydroxylation sites is 4. The number of rotatable bonds is 8. The van der Waals surface area contributed by atoms with Crippen LogP contribution in [0.5, 0.6) is 0 Å². The Morgan fingerprint density at radius 2 is 0.554 bits per heavy atom. The minimum absolute atomic E-state index is 0.0386. The molecule has 0 unspecified atom stereocenters. The highest BCUT2D eigenvalue weighted by atomic mass is 16.3. The van der Waals surface area contributed by atoms with Gasteiger partial charge in [0.2, 0.25) is 0 Å². The van der Waals surface area contributed by atoms with Gasteiger partial charge in [0, 0.05) is 88.6 Å². The molecule has 0 N–H and O–H groups in total. The third-order valence-corrected chi connectivity index (χ3v) is 19.2. The summed E-state index contributed by atoms with van der Waals surface area (Å²) >= 11 is 0. The molecule has 0 aliphatic carbocycles. The molecule has 12 aromatic carbocycles. The second-order valence-electron chi connectivity index (χ2n) is 29.6. The zero-order valence-electron chi connectivity index (χ0n) is 54.7. The van der Waals surface area contributed by atoms with Crippen LogP contribution in [-0.2, 0) is 21.7 Å². The largest absolute Gasteiger partial charge is 0.456 e. The summed E-state index contributed by atoms with van der Waals surface area (Å²) in [6.45, 7) is 27.8. The molecule has 6 heteroatoms. The molecule has 0 saturated carbocycles. The monoisotopic (exact) mass is 1200 g/mol. The number of hydrogen-bond acceptors (Lipinski definition) is 4. The van der Waals surface area contributed by atoms with Gasteiger partial charge in [-0.3, -0.25) is 0 Å². The quantitative estimate of drug-likeness (QED) is 0.152. The van der Waals surface area contributed by atoms with Crippen molar-refractivity contribution in [3.8, 4) is 11.4 Å². The first-order valence-electron chi connectivity index (χ1n) is 32.5. The third-order valence-electron chi connectivity index (χ3n) is 19.2. The fraction of sp³-hybridized carbons (Fsp3) is 0.186. The van der Waals surface area contributed by atoms with E-state index < -0.39 is 0 Å². The molecular formula is C86H76N4O2. The van der Waals surface area contributed by atoms with E-state index in [0.29, 0.717) is 0 Å². The SMILES string of the molecule is CC(C)(C)c1cc(-n2c3ccccc3c3ccc(N(c4ccccc4)c4ccc5oc6cc7cc8oc9ccc(N(c%10ccccc%10)c%10ccc%11c%12ccccc%12n(-c%12cc(C(C)(C)C)cc(C(C)(C)C)c%12)c%11c%10)cc9c8cc7cc6c5c4)cc32)cc(C(C)(C)C)c1. The van der Waals surface area contributed by atoms with Gasteiger partial charge in [0.05, 0.1) is 22.1 Å². The van der Waals surface area contributed by atoms with Gasteiger partial charge in [-0.15, -0.1) is 0 Å². The average molecular weight is 1200 g/mol. The lowest BCUT2D eigenvalue weighted by atomic mass is 9.80. The van der Waals surface area contributed by atoms with Gasteiger partial charge in [-0.05, 0) is 200 Å². The van der Waals surface area contributed by atoms with Gasteiger partial charge in [-0.1, -0.05) is 180 Å². The lowest BCUT2D eigenvalue weighted by molar-refractivity contribution is 0.567. The molecular weight excluding hydrogens is 1120 g/mol. The molecule has 6 nitrogen and oxygen atoms in total. The van der Waals surface area contributed by atoms with E-state index in [1.165, 1.54) is 66.2 Å². The minimum atomic E-state index is -0.0386. The first-order chi connectivity index (χ1) is 44.1. The molecule has 0 spiro atoms. The van der Waals surface area contributed by atoms with Gasteiger partial charge in [0.25, 0.3) is 0 Å². The van der Waals surface area contributed by atoms with Crippen LogP contribution in [-0.4, -0.2) is 9.13 Å². The molecule has 0 aliphatic heterocycles. The Morgan fingerprint density at radius 3 is 0.935 bits per heavy atom. The third kappa shape index (κ3) is 9.52. The van der Waals surface area contributed by atoms with Gasteiger partial charge in [0.15, 0.2) is 0 Å². The second-order valence-corrected chi connectivity index (χ2v) is 29.6. The smallest absolute Gasteiger partial charge is 0.136 e. The maximum Gasteiger partial charge on any atom is 0.136 e. The van der Waals surface area contributed by atoms with E-state index in [4.69, 9.17) is 8.83 Å². The van der Waals surface area contributed by atoms with Crippen LogP contribution in [0.1, 0.15) is 105 Å². The molecule has 0 fully saturated rings. The van der Waals surface area contributed by atoms with Crippen LogP contribution >= 0.6 is 0 Å². The summed E-state index contributed by atoms with van der Waals surface area (Å²) in [6.07, 6.45) is 0. The van der Waals surface area contributed by atoms with Crippen LogP contribution in [0.2, 0.25) is 0 Å². The molecule has 92 heavy (non-hydrogen) atoms. The van der Waals surface area contributed by atoms with Crippen LogP contribution in [0.15, 0.2) is 251 Å². The summed E-state index contributed by atoms with van der Waals surface area (Å²) in [5, 5.41) is 11.3. The topological polar surface area (TPSA) is 42.6 Å². The van der Waals surface area contributed by atoms with Gasteiger partial charge < -0.3 is 27.8 Å². The van der Waals surface area contributed by atoms with E-state index in [1.54, 1.807) is 0 Å². The van der Waals surface area contributed by atoms with Crippen LogP contribution in [0.4, 0.5) is 34.1 Å². The predicted octanol–water partition coefficient (Wildman–Crippen LogP) is 25.0. The van der Waals surface area contributed by atoms with Crippen molar-refractivity contribution in [2.45, 2.75) is 105 Å². The normalized spacial score (nSPS) is 12.8. The van der Waals surface area contributed by atoms with E-state index in [1.807, 2.05) is 0 Å². The Bertz CT molecular complexity index is 5220. The summed E-state index contributed by atoms with van der Waals surface area (Å²) in [5.41, 5.74) is 21.8. The number of hydrogen-bond donors (Lipinski definition) is 0. The molecule has 0 amide bonds. The van der Waals surface area contributed by atoms with Crippen LogP contribution in [0, 0.1) is 0 Å². The number of anilines is 6. The van der Waals surface area contributed by atoms with Crippen LogP contribution in [0.25, 0.3) is 110 Å². The maximum absolute atomic E-state index is 6.78. The van der Waals surface area contributed by atoms with Crippen LogP contribution in [0.3, 0.4) is 0 Å².